The Morgan fingerprint density at radius 1 is 1.20 bits per heavy atom. The van der Waals surface area contributed by atoms with Crippen LogP contribution in [0.2, 0.25) is 0 Å². The largest absolute Gasteiger partial charge is 0.356 e. The van der Waals surface area contributed by atoms with E-state index in [2.05, 4.69) is 64.8 Å². The second-order valence-electron chi connectivity index (χ2n) is 8.44. The minimum absolute atomic E-state index is 0. The molecule has 170 valence electrons. The van der Waals surface area contributed by atoms with Crippen LogP contribution < -0.4 is 10.6 Å². The Balaban J connectivity index is 0.00000450. The third-order valence-electron chi connectivity index (χ3n) is 5.75. The van der Waals surface area contributed by atoms with Crippen molar-refractivity contribution in [3.63, 3.8) is 0 Å². The summed E-state index contributed by atoms with van der Waals surface area (Å²) >= 11 is 0. The van der Waals surface area contributed by atoms with Crippen molar-refractivity contribution in [1.29, 1.82) is 0 Å². The van der Waals surface area contributed by atoms with Crippen molar-refractivity contribution in [2.24, 2.45) is 10.9 Å². The second kappa shape index (κ2) is 13.9. The molecule has 7 heteroatoms. The van der Waals surface area contributed by atoms with Crippen molar-refractivity contribution in [2.75, 3.05) is 33.7 Å². The minimum Gasteiger partial charge on any atom is -0.356 e. The summed E-state index contributed by atoms with van der Waals surface area (Å²) in [5, 5.41) is 6.97. The van der Waals surface area contributed by atoms with Gasteiger partial charge in [-0.3, -0.25) is 14.7 Å². The Morgan fingerprint density at radius 3 is 2.40 bits per heavy atom. The monoisotopic (exact) mass is 529 g/mol. The van der Waals surface area contributed by atoms with Gasteiger partial charge in [-0.05, 0) is 38.8 Å². The molecule has 1 atom stereocenters. The van der Waals surface area contributed by atoms with E-state index in [-0.39, 0.29) is 35.8 Å². The highest BCUT2D eigenvalue weighted by Crippen LogP contribution is 2.13. The van der Waals surface area contributed by atoms with E-state index in [0.29, 0.717) is 12.1 Å². The number of likely N-dealkylation sites (tertiary alicyclic amines) is 1. The molecule has 0 radical (unpaired) electrons. The molecule has 0 saturated carbocycles. The number of halogens is 1. The fourth-order valence-electron chi connectivity index (χ4n) is 3.64. The molecule has 2 rings (SSSR count). The van der Waals surface area contributed by atoms with E-state index in [9.17, 15) is 4.79 Å². The van der Waals surface area contributed by atoms with E-state index in [1.54, 1.807) is 0 Å². The highest BCUT2D eigenvalue weighted by molar-refractivity contribution is 14.0. The van der Waals surface area contributed by atoms with Crippen LogP contribution in [0.15, 0.2) is 35.3 Å². The maximum absolute atomic E-state index is 12.1. The fourth-order valence-corrected chi connectivity index (χ4v) is 3.64. The van der Waals surface area contributed by atoms with Gasteiger partial charge in [-0.15, -0.1) is 24.0 Å². The van der Waals surface area contributed by atoms with Crippen molar-refractivity contribution in [2.45, 2.75) is 58.7 Å². The summed E-state index contributed by atoms with van der Waals surface area (Å²) in [6.45, 7) is 9.70. The summed E-state index contributed by atoms with van der Waals surface area (Å²) in [5.41, 5.74) is 1.34. The van der Waals surface area contributed by atoms with Gasteiger partial charge in [0.1, 0.15) is 0 Å². The number of nitrogens with one attached hydrogen (secondary N) is 2. The van der Waals surface area contributed by atoms with Crippen LogP contribution in [0.4, 0.5) is 0 Å². The van der Waals surface area contributed by atoms with Gasteiger partial charge < -0.3 is 15.5 Å². The van der Waals surface area contributed by atoms with Gasteiger partial charge in [0.2, 0.25) is 5.91 Å². The van der Waals surface area contributed by atoms with E-state index in [4.69, 9.17) is 0 Å². The number of nitrogens with zero attached hydrogens (tertiary/aromatic N) is 3. The normalized spacial score (nSPS) is 16.4. The lowest BCUT2D eigenvalue weighted by Gasteiger charge is -2.34. The lowest BCUT2D eigenvalue weighted by atomic mass is 10.0. The van der Waals surface area contributed by atoms with Gasteiger partial charge in [-0.25, -0.2) is 0 Å². The zero-order valence-electron chi connectivity index (χ0n) is 19.2. The Morgan fingerprint density at radius 2 is 1.83 bits per heavy atom. The highest BCUT2D eigenvalue weighted by atomic mass is 127. The molecule has 1 heterocycles. The van der Waals surface area contributed by atoms with E-state index >= 15 is 0 Å². The molecule has 1 aliphatic heterocycles. The Kier molecular flexibility index (Phi) is 12.3. The SMILES string of the molecule is CN=C(NCCC(C)N(C)Cc1ccccc1)NC1CCN(C(=O)C(C)C)CC1.I. The van der Waals surface area contributed by atoms with Crippen molar-refractivity contribution >= 4 is 35.8 Å². The zero-order chi connectivity index (χ0) is 21.2. The summed E-state index contributed by atoms with van der Waals surface area (Å²) < 4.78 is 0. The topological polar surface area (TPSA) is 60.0 Å². The van der Waals surface area contributed by atoms with Crippen LogP contribution in [0.5, 0.6) is 0 Å². The number of piperidine rings is 1. The van der Waals surface area contributed by atoms with Crippen LogP contribution in [-0.2, 0) is 11.3 Å². The number of aliphatic imine (C=N–C) groups is 1. The van der Waals surface area contributed by atoms with Gasteiger partial charge in [0, 0.05) is 51.2 Å². The average Bonchev–Trinajstić information content (AvgIpc) is 2.73. The first-order chi connectivity index (χ1) is 13.9. The van der Waals surface area contributed by atoms with Gasteiger partial charge >= 0.3 is 0 Å². The third kappa shape index (κ3) is 8.79. The average molecular weight is 530 g/mol. The molecule has 1 fully saturated rings. The molecule has 1 aliphatic rings. The summed E-state index contributed by atoms with van der Waals surface area (Å²) in [6.07, 6.45) is 2.98. The number of rotatable bonds is 8. The summed E-state index contributed by atoms with van der Waals surface area (Å²) in [7, 11) is 3.99. The quantitative estimate of drug-likeness (QED) is 0.308. The number of benzene rings is 1. The number of carbonyl (C=O) groups excluding carboxylic acids is 1. The first kappa shape index (κ1) is 26.7. The van der Waals surface area contributed by atoms with Crippen LogP contribution in [0.1, 0.15) is 45.6 Å². The highest BCUT2D eigenvalue weighted by Gasteiger charge is 2.24. The van der Waals surface area contributed by atoms with Gasteiger partial charge in [-0.1, -0.05) is 44.2 Å². The number of guanidine groups is 1. The maximum atomic E-state index is 12.1. The van der Waals surface area contributed by atoms with E-state index in [1.165, 1.54) is 5.56 Å². The molecule has 1 saturated heterocycles. The van der Waals surface area contributed by atoms with Gasteiger partial charge in [0.05, 0.1) is 0 Å². The van der Waals surface area contributed by atoms with E-state index in [1.807, 2.05) is 25.8 Å². The van der Waals surface area contributed by atoms with Crippen LogP contribution in [-0.4, -0.2) is 67.5 Å². The fraction of sp³-hybridized carbons (Fsp3) is 0.652. The van der Waals surface area contributed by atoms with Crippen LogP contribution >= 0.6 is 24.0 Å². The smallest absolute Gasteiger partial charge is 0.225 e. The van der Waals surface area contributed by atoms with Gasteiger partial charge in [0.15, 0.2) is 5.96 Å². The number of amides is 1. The predicted molar refractivity (Wildman–Crippen MR) is 136 cm³/mol. The van der Waals surface area contributed by atoms with Crippen molar-refractivity contribution in [3.05, 3.63) is 35.9 Å². The molecule has 6 nitrogen and oxygen atoms in total. The molecule has 1 aromatic rings. The van der Waals surface area contributed by atoms with Crippen molar-refractivity contribution < 1.29 is 4.79 Å². The standard InChI is InChI=1S/C23H39N5O.HI/c1-18(2)22(29)28-15-12-21(13-16-28)26-23(24-4)25-14-11-19(3)27(5)17-20-9-7-6-8-10-20;/h6-10,18-19,21H,11-17H2,1-5H3,(H2,24,25,26);1H. The number of hydrogen-bond acceptors (Lipinski definition) is 3. The molecular weight excluding hydrogens is 489 g/mol. The van der Waals surface area contributed by atoms with Gasteiger partial charge in [0.25, 0.3) is 0 Å². The molecule has 0 bridgehead atoms. The lowest BCUT2D eigenvalue weighted by Crippen LogP contribution is -2.50. The van der Waals surface area contributed by atoms with Crippen LogP contribution in [0.25, 0.3) is 0 Å². The Bertz CT molecular complexity index is 644. The predicted octanol–water partition coefficient (Wildman–Crippen LogP) is 3.33. The summed E-state index contributed by atoms with van der Waals surface area (Å²) in [4.78, 5) is 20.9. The minimum atomic E-state index is 0. The summed E-state index contributed by atoms with van der Waals surface area (Å²) in [5.74, 6) is 1.20. The molecule has 2 N–H and O–H groups in total. The third-order valence-corrected chi connectivity index (χ3v) is 5.75. The molecule has 1 amide bonds. The molecule has 1 unspecified atom stereocenters. The first-order valence-electron chi connectivity index (χ1n) is 10.9. The molecule has 0 aliphatic carbocycles. The van der Waals surface area contributed by atoms with E-state index < -0.39 is 0 Å². The van der Waals surface area contributed by atoms with Crippen LogP contribution in [0, 0.1) is 5.92 Å². The van der Waals surface area contributed by atoms with E-state index in [0.717, 1.165) is 51.4 Å². The molecule has 0 spiro atoms. The number of hydrogen-bond donors (Lipinski definition) is 2. The zero-order valence-corrected chi connectivity index (χ0v) is 21.6. The number of carbonyl (C=O) groups is 1. The molecule has 30 heavy (non-hydrogen) atoms. The second-order valence-corrected chi connectivity index (χ2v) is 8.44. The molecule has 1 aromatic carbocycles. The van der Waals surface area contributed by atoms with Crippen LogP contribution in [0.3, 0.4) is 0 Å². The maximum Gasteiger partial charge on any atom is 0.225 e. The van der Waals surface area contributed by atoms with Crippen molar-refractivity contribution in [3.8, 4) is 0 Å². The molecule has 0 aromatic heterocycles. The Hall–Kier alpha value is -1.35. The summed E-state index contributed by atoms with van der Waals surface area (Å²) in [6, 6.07) is 11.4. The lowest BCUT2D eigenvalue weighted by molar-refractivity contribution is -0.135. The Labute approximate surface area is 199 Å². The van der Waals surface area contributed by atoms with Gasteiger partial charge in [-0.2, -0.15) is 0 Å². The van der Waals surface area contributed by atoms with Crippen molar-refractivity contribution in [1.82, 2.24) is 20.4 Å². The molecular formula is C23H40IN5O. The first-order valence-corrected chi connectivity index (χ1v) is 10.9.